The molecule has 11 atom stereocenters. The van der Waals surface area contributed by atoms with Crippen molar-refractivity contribution in [2.24, 2.45) is 62.1 Å². The van der Waals surface area contributed by atoms with Crippen LogP contribution in [0.2, 0.25) is 0 Å². The Hall–Kier alpha value is -2.56. The minimum Gasteiger partial charge on any atom is -0.513 e. The number of carbonyl (C=O) groups excluding carboxylic acids is 2. The standard InChI is InChI=1S/C47H71NO4/c1-30(2)34-19-24-47(28-39(50)48-32(4)33-15-13-12-14-16-33)26-25-45(10)35(41(34)47)17-18-37-44(9)22-21-38(43(7,8)36(44)20-23-46(37,45)11)52-40(51)29-42(5,6)27-31(3)49/h12-16,32,34-38,41,49H,1,3,17-29H2,2,4-11H3,(H,48,50)/t32-,34?,35+,36?,37+,38-,41?,44-,45+,46+,47+/m0/s1. The van der Waals surface area contributed by atoms with Crippen LogP contribution in [0.3, 0.4) is 0 Å². The van der Waals surface area contributed by atoms with E-state index < -0.39 is 0 Å². The minimum absolute atomic E-state index is 0.00228. The fraction of sp³-hybridized carbons (Fsp3) is 0.745. The van der Waals surface area contributed by atoms with E-state index in [0.29, 0.717) is 42.4 Å². The van der Waals surface area contributed by atoms with Gasteiger partial charge in [0.1, 0.15) is 6.10 Å². The number of ether oxygens (including phenoxy) is 1. The number of hydrogen-bond donors (Lipinski definition) is 2. The molecule has 5 aliphatic carbocycles. The van der Waals surface area contributed by atoms with Crippen molar-refractivity contribution in [3.05, 3.63) is 60.4 Å². The molecular weight excluding hydrogens is 643 g/mol. The smallest absolute Gasteiger partial charge is 0.306 e. The van der Waals surface area contributed by atoms with Gasteiger partial charge in [-0.3, -0.25) is 9.59 Å². The number of amides is 1. The molecule has 0 radical (unpaired) electrons. The quantitative estimate of drug-likeness (QED) is 0.144. The molecular formula is C47H71NO4. The molecule has 5 aliphatic rings. The number of hydrogen-bond acceptors (Lipinski definition) is 4. The number of carbonyl (C=O) groups is 2. The molecule has 5 fully saturated rings. The summed E-state index contributed by atoms with van der Waals surface area (Å²) >= 11 is 0. The summed E-state index contributed by atoms with van der Waals surface area (Å²) in [5, 5.41) is 13.2. The lowest BCUT2D eigenvalue weighted by molar-refractivity contribution is -0.250. The van der Waals surface area contributed by atoms with Crippen LogP contribution in [0, 0.1) is 62.1 Å². The third-order valence-corrected chi connectivity index (χ3v) is 16.9. The van der Waals surface area contributed by atoms with Crippen molar-refractivity contribution in [2.45, 2.75) is 158 Å². The zero-order chi connectivity index (χ0) is 38.1. The summed E-state index contributed by atoms with van der Waals surface area (Å²) < 4.78 is 6.37. The maximum atomic E-state index is 13.9. The van der Waals surface area contributed by atoms with Crippen LogP contribution in [0.15, 0.2) is 54.8 Å². The average Bonchev–Trinajstić information content (AvgIpc) is 3.41. The Labute approximate surface area is 316 Å². The lowest BCUT2D eigenvalue weighted by Gasteiger charge is -2.73. The van der Waals surface area contributed by atoms with Gasteiger partial charge < -0.3 is 15.2 Å². The molecule has 1 aromatic carbocycles. The first kappa shape index (κ1) is 39.1. The fourth-order valence-electron chi connectivity index (χ4n) is 14.4. The maximum absolute atomic E-state index is 13.9. The third-order valence-electron chi connectivity index (χ3n) is 16.9. The summed E-state index contributed by atoms with van der Waals surface area (Å²) in [6, 6.07) is 10.4. The average molecular weight is 714 g/mol. The van der Waals surface area contributed by atoms with E-state index in [0.717, 1.165) is 37.7 Å². The third kappa shape index (κ3) is 6.50. The lowest BCUT2D eigenvalue weighted by Crippen LogP contribution is -2.67. The van der Waals surface area contributed by atoms with Crippen LogP contribution < -0.4 is 5.32 Å². The first-order chi connectivity index (χ1) is 24.2. The van der Waals surface area contributed by atoms with Gasteiger partial charge in [0.15, 0.2) is 0 Å². The Balaban J connectivity index is 1.22. The minimum atomic E-state index is -0.387. The first-order valence-electron chi connectivity index (χ1n) is 20.8. The molecule has 0 saturated heterocycles. The molecule has 6 rings (SSSR count). The van der Waals surface area contributed by atoms with Crippen LogP contribution in [-0.4, -0.2) is 23.1 Å². The van der Waals surface area contributed by atoms with Crippen molar-refractivity contribution in [3.8, 4) is 0 Å². The Kier molecular flexibility index (Phi) is 10.3. The molecule has 5 heteroatoms. The highest BCUT2D eigenvalue weighted by atomic mass is 16.5. The Morgan fingerprint density at radius 1 is 0.885 bits per heavy atom. The van der Waals surface area contributed by atoms with Gasteiger partial charge in [-0.1, -0.05) is 97.5 Å². The van der Waals surface area contributed by atoms with Crippen molar-refractivity contribution >= 4 is 11.9 Å². The first-order valence-corrected chi connectivity index (χ1v) is 20.8. The van der Waals surface area contributed by atoms with E-state index in [-0.39, 0.29) is 68.7 Å². The zero-order valence-electron chi connectivity index (χ0n) is 34.2. The Morgan fingerprint density at radius 2 is 1.58 bits per heavy atom. The highest BCUT2D eigenvalue weighted by Gasteiger charge is 2.71. The van der Waals surface area contributed by atoms with Crippen molar-refractivity contribution in [2.75, 3.05) is 0 Å². The van der Waals surface area contributed by atoms with Crippen molar-refractivity contribution in [1.82, 2.24) is 5.32 Å². The maximum Gasteiger partial charge on any atom is 0.306 e. The highest BCUT2D eigenvalue weighted by Crippen LogP contribution is 2.78. The molecule has 0 aromatic heterocycles. The van der Waals surface area contributed by atoms with Crippen LogP contribution in [0.25, 0.3) is 0 Å². The lowest BCUT2D eigenvalue weighted by atomic mass is 9.32. The molecule has 0 bridgehead atoms. The second kappa shape index (κ2) is 13.6. The number of esters is 1. The summed E-state index contributed by atoms with van der Waals surface area (Å²) in [5.74, 6) is 2.87. The topological polar surface area (TPSA) is 75.6 Å². The molecule has 0 aliphatic heterocycles. The monoisotopic (exact) mass is 714 g/mol. The summed E-state index contributed by atoms with van der Waals surface area (Å²) in [6.07, 6.45) is 12.7. The Morgan fingerprint density at radius 3 is 2.23 bits per heavy atom. The van der Waals surface area contributed by atoms with Gasteiger partial charge in [0.25, 0.3) is 0 Å². The summed E-state index contributed by atoms with van der Waals surface area (Å²) in [4.78, 5) is 27.3. The number of nitrogens with one attached hydrogen (secondary N) is 1. The largest absolute Gasteiger partial charge is 0.513 e. The molecule has 1 aromatic rings. The number of fused-ring (bicyclic) bond motifs is 7. The van der Waals surface area contributed by atoms with Gasteiger partial charge in [-0.15, -0.1) is 0 Å². The number of allylic oxidation sites excluding steroid dienone is 2. The van der Waals surface area contributed by atoms with Gasteiger partial charge in [0, 0.05) is 18.3 Å². The fourth-order valence-corrected chi connectivity index (χ4v) is 14.4. The molecule has 0 heterocycles. The molecule has 52 heavy (non-hydrogen) atoms. The normalized spacial score (nSPS) is 39.9. The van der Waals surface area contributed by atoms with Crippen LogP contribution in [0.1, 0.15) is 157 Å². The molecule has 1 amide bonds. The number of benzene rings is 1. The van der Waals surface area contributed by atoms with Crippen molar-refractivity contribution < 1.29 is 19.4 Å². The van der Waals surface area contributed by atoms with Crippen LogP contribution in [0.5, 0.6) is 0 Å². The van der Waals surface area contributed by atoms with E-state index >= 15 is 0 Å². The summed E-state index contributed by atoms with van der Waals surface area (Å²) in [5.41, 5.74) is 2.63. The van der Waals surface area contributed by atoms with Gasteiger partial charge in [0.2, 0.25) is 5.91 Å². The Bertz CT molecular complexity index is 1550. The van der Waals surface area contributed by atoms with Gasteiger partial charge in [-0.2, -0.15) is 0 Å². The van der Waals surface area contributed by atoms with E-state index in [9.17, 15) is 14.7 Å². The second-order valence-electron chi connectivity index (χ2n) is 20.8. The predicted molar refractivity (Wildman–Crippen MR) is 211 cm³/mol. The summed E-state index contributed by atoms with van der Waals surface area (Å²) in [7, 11) is 0. The van der Waals surface area contributed by atoms with E-state index in [1.807, 2.05) is 19.9 Å². The SMILES string of the molecule is C=C(O)CC(C)(C)CC(=O)O[C@H]1CC[C@@]2(C)C(CC[C@]3(C)[C@@H]2CC[C@@H]2C4C(C(=C)C)CC[C@]4(CC(=O)N[C@@H](C)c4ccccc4)CC[C@]23C)C1(C)C. The van der Waals surface area contributed by atoms with Crippen LogP contribution in [0.4, 0.5) is 0 Å². The molecule has 0 spiro atoms. The predicted octanol–water partition coefficient (Wildman–Crippen LogP) is 11.7. The van der Waals surface area contributed by atoms with Gasteiger partial charge >= 0.3 is 5.97 Å². The zero-order valence-corrected chi connectivity index (χ0v) is 34.2. The van der Waals surface area contributed by atoms with E-state index in [4.69, 9.17) is 4.74 Å². The molecule has 3 unspecified atom stereocenters. The highest BCUT2D eigenvalue weighted by molar-refractivity contribution is 5.77. The number of rotatable bonds is 10. The van der Waals surface area contributed by atoms with Crippen molar-refractivity contribution in [1.29, 1.82) is 0 Å². The van der Waals surface area contributed by atoms with E-state index in [1.165, 1.54) is 37.7 Å². The molecule has 288 valence electrons. The molecule has 5 nitrogen and oxygen atoms in total. The van der Waals surface area contributed by atoms with Gasteiger partial charge in [-0.25, -0.2) is 0 Å². The second-order valence-corrected chi connectivity index (χ2v) is 20.8. The molecule has 5 saturated carbocycles. The van der Waals surface area contributed by atoms with Crippen LogP contribution in [-0.2, 0) is 14.3 Å². The molecule has 2 N–H and O–H groups in total. The number of aliphatic hydroxyl groups is 1. The number of aliphatic hydroxyl groups excluding tert-OH is 1. The van der Waals surface area contributed by atoms with Crippen molar-refractivity contribution in [3.63, 3.8) is 0 Å². The van der Waals surface area contributed by atoms with Crippen LogP contribution >= 0.6 is 0 Å². The van der Waals surface area contributed by atoms with E-state index in [1.54, 1.807) is 0 Å². The van der Waals surface area contributed by atoms with Gasteiger partial charge in [0.05, 0.1) is 18.2 Å². The van der Waals surface area contributed by atoms with Gasteiger partial charge in [-0.05, 0) is 140 Å². The summed E-state index contributed by atoms with van der Waals surface area (Å²) in [6.45, 7) is 29.3. The van der Waals surface area contributed by atoms with E-state index in [2.05, 4.69) is 91.2 Å².